The largest absolute Gasteiger partial charge is 0.465 e. The first-order chi connectivity index (χ1) is 10.1. The molecule has 0 heterocycles. The Morgan fingerprint density at radius 1 is 1.00 bits per heavy atom. The molecule has 0 radical (unpaired) electrons. The van der Waals surface area contributed by atoms with Crippen LogP contribution in [0.15, 0.2) is 24.3 Å². The summed E-state index contributed by atoms with van der Waals surface area (Å²) in [5.74, 6) is -0.770. The smallest absolute Gasteiger partial charge is 0.338 e. The summed E-state index contributed by atoms with van der Waals surface area (Å²) in [4.78, 5) is 23.3. The highest BCUT2D eigenvalue weighted by molar-refractivity contribution is 5.93. The number of carbonyl (C=O) groups is 2. The van der Waals surface area contributed by atoms with Gasteiger partial charge in [0.05, 0.1) is 24.3 Å². The van der Waals surface area contributed by atoms with Crippen molar-refractivity contribution in [3.63, 3.8) is 0 Å². The highest BCUT2D eigenvalue weighted by Gasteiger charge is 2.13. The van der Waals surface area contributed by atoms with Crippen molar-refractivity contribution < 1.29 is 19.1 Å². The predicted octanol–water partition coefficient (Wildman–Crippen LogP) is 3.99. The monoisotopic (exact) mass is 292 g/mol. The second kappa shape index (κ2) is 9.16. The molecule has 1 rings (SSSR count). The van der Waals surface area contributed by atoms with E-state index < -0.39 is 5.97 Å². The Morgan fingerprint density at radius 3 is 2.10 bits per heavy atom. The van der Waals surface area contributed by atoms with E-state index in [1.807, 2.05) is 6.92 Å². The van der Waals surface area contributed by atoms with Crippen molar-refractivity contribution >= 4 is 11.9 Å². The molecule has 21 heavy (non-hydrogen) atoms. The molecule has 4 heteroatoms. The topological polar surface area (TPSA) is 52.6 Å². The summed E-state index contributed by atoms with van der Waals surface area (Å²) >= 11 is 0. The third kappa shape index (κ3) is 5.98. The van der Waals surface area contributed by atoms with Gasteiger partial charge in [0.2, 0.25) is 0 Å². The van der Waals surface area contributed by atoms with Crippen molar-refractivity contribution in [2.75, 3.05) is 7.11 Å². The molecule has 0 amide bonds. The standard InChI is InChI=1S/C17H24O4/c1-4-5-6-7-8-13(2)21-17(19)15-11-9-14(10-12-15)16(18)20-3/h9-13H,4-8H2,1-3H3/t13-/m0/s1. The highest BCUT2D eigenvalue weighted by atomic mass is 16.5. The molecule has 0 aliphatic rings. The molecule has 0 bridgehead atoms. The molecule has 4 nitrogen and oxygen atoms in total. The lowest BCUT2D eigenvalue weighted by Crippen LogP contribution is -2.15. The van der Waals surface area contributed by atoms with E-state index in [0.717, 1.165) is 12.8 Å². The Bertz CT molecular complexity index is 450. The molecule has 0 N–H and O–H groups in total. The molecule has 0 aliphatic heterocycles. The molecule has 0 unspecified atom stereocenters. The summed E-state index contributed by atoms with van der Waals surface area (Å²) < 4.78 is 10.00. The van der Waals surface area contributed by atoms with Crippen molar-refractivity contribution in [2.45, 2.75) is 52.1 Å². The third-order valence-electron chi connectivity index (χ3n) is 3.31. The van der Waals surface area contributed by atoms with Gasteiger partial charge in [-0.05, 0) is 44.0 Å². The number of hydrogen-bond donors (Lipinski definition) is 0. The van der Waals surface area contributed by atoms with Gasteiger partial charge < -0.3 is 9.47 Å². The number of unbranched alkanes of at least 4 members (excludes halogenated alkanes) is 3. The number of rotatable bonds is 8. The molecule has 0 spiro atoms. The second-order valence-electron chi connectivity index (χ2n) is 5.13. The van der Waals surface area contributed by atoms with Crippen LogP contribution in [0.4, 0.5) is 0 Å². The molecule has 0 fully saturated rings. The van der Waals surface area contributed by atoms with Gasteiger partial charge in [0, 0.05) is 0 Å². The fraction of sp³-hybridized carbons (Fsp3) is 0.529. The van der Waals surface area contributed by atoms with Crippen LogP contribution in [0.25, 0.3) is 0 Å². The first-order valence-electron chi connectivity index (χ1n) is 7.47. The van der Waals surface area contributed by atoms with E-state index in [-0.39, 0.29) is 12.1 Å². The van der Waals surface area contributed by atoms with Gasteiger partial charge in [-0.15, -0.1) is 0 Å². The van der Waals surface area contributed by atoms with E-state index in [1.165, 1.54) is 26.4 Å². The fourth-order valence-electron chi connectivity index (χ4n) is 2.03. The van der Waals surface area contributed by atoms with E-state index in [1.54, 1.807) is 24.3 Å². The first-order valence-corrected chi connectivity index (χ1v) is 7.47. The van der Waals surface area contributed by atoms with Crippen LogP contribution in [0.5, 0.6) is 0 Å². The Morgan fingerprint density at radius 2 is 1.57 bits per heavy atom. The fourth-order valence-corrected chi connectivity index (χ4v) is 2.03. The molecular weight excluding hydrogens is 268 g/mol. The first kappa shape index (κ1) is 17.2. The molecule has 1 atom stereocenters. The zero-order valence-electron chi connectivity index (χ0n) is 13.1. The lowest BCUT2D eigenvalue weighted by atomic mass is 10.1. The Balaban J connectivity index is 2.46. The van der Waals surface area contributed by atoms with E-state index in [2.05, 4.69) is 11.7 Å². The van der Waals surface area contributed by atoms with Crippen LogP contribution in [-0.4, -0.2) is 25.2 Å². The lowest BCUT2D eigenvalue weighted by Gasteiger charge is -2.13. The van der Waals surface area contributed by atoms with Crippen molar-refractivity contribution in [1.29, 1.82) is 0 Å². The number of methoxy groups -OCH3 is 1. The number of carbonyl (C=O) groups excluding carboxylic acids is 2. The van der Waals surface area contributed by atoms with Crippen molar-refractivity contribution in [3.8, 4) is 0 Å². The van der Waals surface area contributed by atoms with Gasteiger partial charge in [-0.2, -0.15) is 0 Å². The average molecular weight is 292 g/mol. The van der Waals surface area contributed by atoms with E-state index in [9.17, 15) is 9.59 Å². The summed E-state index contributed by atoms with van der Waals surface area (Å²) in [5, 5.41) is 0. The summed E-state index contributed by atoms with van der Waals surface area (Å²) in [6, 6.07) is 6.29. The van der Waals surface area contributed by atoms with Crippen LogP contribution in [-0.2, 0) is 9.47 Å². The molecule has 1 aromatic rings. The summed E-state index contributed by atoms with van der Waals surface area (Å²) in [7, 11) is 1.32. The van der Waals surface area contributed by atoms with E-state index in [4.69, 9.17) is 4.74 Å². The summed E-state index contributed by atoms with van der Waals surface area (Å²) in [6.45, 7) is 4.08. The molecule has 0 saturated heterocycles. The van der Waals surface area contributed by atoms with Crippen LogP contribution in [0.1, 0.15) is 66.7 Å². The molecule has 0 saturated carbocycles. The summed E-state index contributed by atoms with van der Waals surface area (Å²) in [6.07, 6.45) is 5.45. The Kier molecular flexibility index (Phi) is 7.51. The van der Waals surface area contributed by atoms with Crippen molar-refractivity contribution in [3.05, 3.63) is 35.4 Å². The van der Waals surface area contributed by atoms with Gasteiger partial charge in [-0.1, -0.05) is 26.2 Å². The van der Waals surface area contributed by atoms with Crippen molar-refractivity contribution in [2.24, 2.45) is 0 Å². The Hall–Kier alpha value is -1.84. The SMILES string of the molecule is CCCCCC[C@H](C)OC(=O)c1ccc(C(=O)OC)cc1. The number of ether oxygens (including phenoxy) is 2. The van der Waals surface area contributed by atoms with E-state index in [0.29, 0.717) is 11.1 Å². The molecule has 0 aliphatic carbocycles. The normalized spacial score (nSPS) is 11.8. The zero-order valence-corrected chi connectivity index (χ0v) is 13.1. The van der Waals surface area contributed by atoms with Gasteiger partial charge >= 0.3 is 11.9 Å². The van der Waals surface area contributed by atoms with Crippen LogP contribution in [0.2, 0.25) is 0 Å². The number of hydrogen-bond acceptors (Lipinski definition) is 4. The molecule has 0 aromatic heterocycles. The minimum atomic E-state index is -0.417. The molecular formula is C17H24O4. The Labute approximate surface area is 126 Å². The number of esters is 2. The van der Waals surface area contributed by atoms with Gasteiger partial charge in [-0.3, -0.25) is 0 Å². The lowest BCUT2D eigenvalue weighted by molar-refractivity contribution is 0.0318. The van der Waals surface area contributed by atoms with Crippen LogP contribution in [0.3, 0.4) is 0 Å². The van der Waals surface area contributed by atoms with Gasteiger partial charge in [0.15, 0.2) is 0 Å². The van der Waals surface area contributed by atoms with E-state index >= 15 is 0 Å². The average Bonchev–Trinajstić information content (AvgIpc) is 2.51. The molecule has 1 aromatic carbocycles. The minimum Gasteiger partial charge on any atom is -0.465 e. The highest BCUT2D eigenvalue weighted by Crippen LogP contribution is 2.12. The maximum absolute atomic E-state index is 12.0. The second-order valence-corrected chi connectivity index (χ2v) is 5.13. The van der Waals surface area contributed by atoms with Gasteiger partial charge in [-0.25, -0.2) is 9.59 Å². The quantitative estimate of drug-likeness (QED) is 0.537. The predicted molar refractivity (Wildman–Crippen MR) is 81.4 cm³/mol. The molecule has 116 valence electrons. The van der Waals surface area contributed by atoms with Gasteiger partial charge in [0.1, 0.15) is 0 Å². The van der Waals surface area contributed by atoms with Crippen LogP contribution >= 0.6 is 0 Å². The maximum atomic E-state index is 12.0. The maximum Gasteiger partial charge on any atom is 0.338 e. The zero-order chi connectivity index (χ0) is 15.7. The van der Waals surface area contributed by atoms with Crippen molar-refractivity contribution in [1.82, 2.24) is 0 Å². The van der Waals surface area contributed by atoms with Crippen LogP contribution < -0.4 is 0 Å². The van der Waals surface area contributed by atoms with Crippen LogP contribution in [0, 0.1) is 0 Å². The number of benzene rings is 1. The van der Waals surface area contributed by atoms with Gasteiger partial charge in [0.25, 0.3) is 0 Å². The minimum absolute atomic E-state index is 0.0883. The third-order valence-corrected chi connectivity index (χ3v) is 3.31. The summed E-state index contributed by atoms with van der Waals surface area (Å²) in [5.41, 5.74) is 0.865.